The van der Waals surface area contributed by atoms with Gasteiger partial charge in [0.25, 0.3) is 0 Å². The summed E-state index contributed by atoms with van der Waals surface area (Å²) in [5, 5.41) is 12.9. The summed E-state index contributed by atoms with van der Waals surface area (Å²) in [5.74, 6) is -7.82. The van der Waals surface area contributed by atoms with Gasteiger partial charge in [0.2, 0.25) is 5.91 Å². The van der Waals surface area contributed by atoms with Crippen molar-refractivity contribution in [1.29, 1.82) is 0 Å². The van der Waals surface area contributed by atoms with Crippen LogP contribution in [-0.4, -0.2) is 54.3 Å². The number of alkyl carbamates (subject to hydrolysis) is 1. The van der Waals surface area contributed by atoms with Gasteiger partial charge in [-0.05, 0) is 34.7 Å². The van der Waals surface area contributed by atoms with E-state index >= 15 is 0 Å². The molecule has 204 valence electrons. The number of ether oxygens (including phenoxy) is 2. The highest BCUT2D eigenvalue weighted by atomic mass is 19.3. The molecule has 0 radical (unpaired) electrons. The van der Waals surface area contributed by atoms with Crippen molar-refractivity contribution in [2.75, 3.05) is 13.2 Å². The van der Waals surface area contributed by atoms with Crippen LogP contribution in [0.2, 0.25) is 0 Å². The standard InChI is InChI=1S/C29H28F2N2O6/c1-18(38-15-19-9-3-2-4-10-19)25(26(34)32-17-29(30,31)27(35)36)33-28(37)39-16-24-22-13-7-5-11-20(22)21-12-6-8-14-23(21)24/h2-14,18,24-25H,15-17H2,1H3,(H,32,34)(H,33,37)(H,35,36)/t18-,25+/m0/s1. The molecule has 2 atom stereocenters. The lowest BCUT2D eigenvalue weighted by Gasteiger charge is -2.25. The highest BCUT2D eigenvalue weighted by Crippen LogP contribution is 2.44. The fourth-order valence-corrected chi connectivity index (χ4v) is 4.44. The number of halogens is 2. The van der Waals surface area contributed by atoms with Crippen molar-refractivity contribution in [1.82, 2.24) is 10.6 Å². The predicted octanol–water partition coefficient (Wildman–Crippen LogP) is 4.34. The molecule has 0 heterocycles. The Balaban J connectivity index is 1.43. The first kappa shape index (κ1) is 27.7. The average molecular weight is 539 g/mol. The molecular formula is C29H28F2N2O6. The smallest absolute Gasteiger partial charge is 0.407 e. The number of carbonyl (C=O) groups is 3. The van der Waals surface area contributed by atoms with Crippen molar-refractivity contribution < 1.29 is 37.7 Å². The third kappa shape index (κ3) is 6.58. The van der Waals surface area contributed by atoms with E-state index in [1.807, 2.05) is 59.9 Å². The zero-order valence-electron chi connectivity index (χ0n) is 21.1. The Morgan fingerprint density at radius 1 is 0.923 bits per heavy atom. The van der Waals surface area contributed by atoms with E-state index in [2.05, 4.69) is 5.32 Å². The summed E-state index contributed by atoms with van der Waals surface area (Å²) in [6, 6.07) is 23.2. The van der Waals surface area contributed by atoms with Crippen LogP contribution in [0.3, 0.4) is 0 Å². The molecule has 1 aliphatic carbocycles. The summed E-state index contributed by atoms with van der Waals surface area (Å²) in [6.07, 6.45) is -1.92. The number of nitrogens with one attached hydrogen (secondary N) is 2. The van der Waals surface area contributed by atoms with Gasteiger partial charge in [0.1, 0.15) is 12.6 Å². The molecule has 0 fully saturated rings. The molecule has 8 nitrogen and oxygen atoms in total. The molecule has 39 heavy (non-hydrogen) atoms. The first-order valence-corrected chi connectivity index (χ1v) is 12.3. The summed E-state index contributed by atoms with van der Waals surface area (Å²) >= 11 is 0. The fraction of sp³-hybridized carbons (Fsp3) is 0.276. The van der Waals surface area contributed by atoms with Crippen molar-refractivity contribution in [3.63, 3.8) is 0 Å². The maximum Gasteiger partial charge on any atom is 0.407 e. The third-order valence-electron chi connectivity index (χ3n) is 6.52. The van der Waals surface area contributed by atoms with E-state index in [9.17, 15) is 23.2 Å². The van der Waals surface area contributed by atoms with E-state index < -0.39 is 42.6 Å². The van der Waals surface area contributed by atoms with E-state index in [0.717, 1.165) is 27.8 Å². The van der Waals surface area contributed by atoms with E-state index in [0.29, 0.717) is 0 Å². The van der Waals surface area contributed by atoms with Crippen LogP contribution in [0.15, 0.2) is 78.9 Å². The van der Waals surface area contributed by atoms with E-state index in [4.69, 9.17) is 14.6 Å². The SMILES string of the molecule is C[C@H](OCc1ccccc1)[C@@H](NC(=O)OCC1c2ccccc2-c2ccccc21)C(=O)NCC(F)(F)C(=O)O. The van der Waals surface area contributed by atoms with Crippen molar-refractivity contribution in [2.24, 2.45) is 0 Å². The highest BCUT2D eigenvalue weighted by Gasteiger charge is 2.40. The molecule has 0 saturated carbocycles. The number of rotatable bonds is 11. The molecule has 10 heteroatoms. The maximum absolute atomic E-state index is 13.6. The Hall–Kier alpha value is -4.31. The Morgan fingerprint density at radius 2 is 1.49 bits per heavy atom. The number of carboxylic acids is 1. The molecule has 4 rings (SSSR count). The monoisotopic (exact) mass is 538 g/mol. The quantitative estimate of drug-likeness (QED) is 0.335. The second kappa shape index (κ2) is 12.0. The Kier molecular flexibility index (Phi) is 8.55. The number of aliphatic carboxylic acids is 1. The van der Waals surface area contributed by atoms with E-state index in [1.54, 1.807) is 24.3 Å². The number of alkyl halides is 2. The predicted molar refractivity (Wildman–Crippen MR) is 138 cm³/mol. The highest BCUT2D eigenvalue weighted by molar-refractivity contribution is 5.87. The summed E-state index contributed by atoms with van der Waals surface area (Å²) in [5.41, 5.74) is 4.87. The van der Waals surface area contributed by atoms with Gasteiger partial charge in [0.15, 0.2) is 0 Å². The van der Waals surface area contributed by atoms with Gasteiger partial charge in [-0.2, -0.15) is 8.78 Å². The number of amides is 2. The largest absolute Gasteiger partial charge is 0.477 e. The van der Waals surface area contributed by atoms with E-state index in [1.165, 1.54) is 6.92 Å². The van der Waals surface area contributed by atoms with E-state index in [-0.39, 0.29) is 19.1 Å². The lowest BCUT2D eigenvalue weighted by atomic mass is 9.98. The zero-order valence-corrected chi connectivity index (χ0v) is 21.1. The Bertz CT molecular complexity index is 1290. The van der Waals surface area contributed by atoms with Crippen LogP contribution in [-0.2, 0) is 25.7 Å². The summed E-state index contributed by atoms with van der Waals surface area (Å²) < 4.78 is 38.4. The van der Waals surface area contributed by atoms with Crippen molar-refractivity contribution in [3.05, 3.63) is 95.6 Å². The number of hydrogen-bond acceptors (Lipinski definition) is 5. The van der Waals surface area contributed by atoms with Crippen LogP contribution < -0.4 is 10.6 Å². The minimum Gasteiger partial charge on any atom is -0.477 e. The molecule has 3 N–H and O–H groups in total. The van der Waals surface area contributed by atoms with Crippen LogP contribution in [0, 0.1) is 0 Å². The topological polar surface area (TPSA) is 114 Å². The maximum atomic E-state index is 13.6. The van der Waals surface area contributed by atoms with Gasteiger partial charge in [0.05, 0.1) is 19.3 Å². The van der Waals surface area contributed by atoms with Gasteiger partial charge < -0.3 is 25.2 Å². The van der Waals surface area contributed by atoms with Crippen molar-refractivity contribution in [3.8, 4) is 11.1 Å². The van der Waals surface area contributed by atoms with Crippen LogP contribution in [0.25, 0.3) is 11.1 Å². The lowest BCUT2D eigenvalue weighted by molar-refractivity contribution is -0.164. The number of carbonyl (C=O) groups excluding carboxylic acids is 2. The molecule has 0 spiro atoms. The second-order valence-corrected chi connectivity index (χ2v) is 9.18. The van der Waals surface area contributed by atoms with Gasteiger partial charge >= 0.3 is 18.0 Å². The number of fused-ring (bicyclic) bond motifs is 3. The van der Waals surface area contributed by atoms with Gasteiger partial charge in [-0.3, -0.25) is 4.79 Å². The molecule has 0 unspecified atom stereocenters. The fourth-order valence-electron chi connectivity index (χ4n) is 4.44. The minimum absolute atomic E-state index is 0.0233. The first-order valence-electron chi connectivity index (χ1n) is 12.3. The summed E-state index contributed by atoms with van der Waals surface area (Å²) in [4.78, 5) is 36.4. The normalized spacial score (nSPS) is 14.0. The number of hydrogen-bond donors (Lipinski definition) is 3. The number of benzene rings is 3. The Morgan fingerprint density at radius 3 is 2.08 bits per heavy atom. The van der Waals surface area contributed by atoms with Gasteiger partial charge in [-0.25, -0.2) is 9.59 Å². The molecular weight excluding hydrogens is 510 g/mol. The Labute approximate surface area is 223 Å². The minimum atomic E-state index is -4.18. The molecule has 1 aliphatic rings. The molecule has 3 aromatic carbocycles. The van der Waals surface area contributed by atoms with Gasteiger partial charge in [-0.15, -0.1) is 0 Å². The molecule has 0 aliphatic heterocycles. The molecule has 2 amide bonds. The second-order valence-electron chi connectivity index (χ2n) is 9.18. The average Bonchev–Trinajstić information content (AvgIpc) is 3.26. The van der Waals surface area contributed by atoms with Crippen LogP contribution in [0.5, 0.6) is 0 Å². The summed E-state index contributed by atoms with van der Waals surface area (Å²) in [7, 11) is 0. The first-order chi connectivity index (χ1) is 18.7. The van der Waals surface area contributed by atoms with Crippen LogP contribution in [0.1, 0.15) is 29.5 Å². The van der Waals surface area contributed by atoms with Gasteiger partial charge in [0, 0.05) is 5.92 Å². The third-order valence-corrected chi connectivity index (χ3v) is 6.52. The van der Waals surface area contributed by atoms with Gasteiger partial charge in [-0.1, -0.05) is 78.9 Å². The van der Waals surface area contributed by atoms with Crippen molar-refractivity contribution in [2.45, 2.75) is 37.5 Å². The molecule has 0 aromatic heterocycles. The molecule has 0 saturated heterocycles. The van der Waals surface area contributed by atoms with Crippen molar-refractivity contribution >= 4 is 18.0 Å². The lowest BCUT2D eigenvalue weighted by Crippen LogP contribution is -2.55. The molecule has 3 aromatic rings. The van der Waals surface area contributed by atoms with Crippen LogP contribution in [0.4, 0.5) is 13.6 Å². The molecule has 0 bridgehead atoms. The summed E-state index contributed by atoms with van der Waals surface area (Å²) in [6.45, 7) is 0.107. The van der Waals surface area contributed by atoms with Crippen LogP contribution >= 0.6 is 0 Å². The number of carboxylic acid groups (broad SMARTS) is 1. The zero-order chi connectivity index (χ0) is 28.0.